The van der Waals surface area contributed by atoms with Gasteiger partial charge in [-0.3, -0.25) is 4.72 Å². The van der Waals surface area contributed by atoms with Crippen molar-refractivity contribution in [2.75, 3.05) is 11.0 Å². The number of sulfonamides is 1. The minimum Gasteiger partial charge on any atom is -0.284 e. The summed E-state index contributed by atoms with van der Waals surface area (Å²) in [5.74, 6) is 0. The summed E-state index contributed by atoms with van der Waals surface area (Å²) in [6.45, 7) is 5.00. The van der Waals surface area contributed by atoms with Gasteiger partial charge in [0.05, 0.1) is 11.8 Å². The molecule has 0 unspecified atom stereocenters. The molecule has 0 amide bonds. The van der Waals surface area contributed by atoms with Crippen molar-refractivity contribution >= 4 is 15.7 Å². The molecule has 0 atom stereocenters. The molecule has 3 nitrogen and oxygen atoms in total. The summed E-state index contributed by atoms with van der Waals surface area (Å²) >= 11 is 0. The molecular weight excluding hydrogens is 279 g/mol. The number of benzene rings is 1. The van der Waals surface area contributed by atoms with Crippen molar-refractivity contribution in [1.29, 1.82) is 0 Å². The summed E-state index contributed by atoms with van der Waals surface area (Å²) in [6.07, 6.45) is -3.64. The molecule has 1 aromatic carbocycles. The number of halogens is 3. The predicted octanol–water partition coefficient (Wildman–Crippen LogP) is 3.37. The van der Waals surface area contributed by atoms with Crippen molar-refractivity contribution in [3.63, 3.8) is 0 Å². The molecule has 0 saturated heterocycles. The third-order valence-electron chi connectivity index (χ3n) is 2.44. The lowest BCUT2D eigenvalue weighted by molar-refractivity contribution is -0.138. The first-order chi connectivity index (χ1) is 8.31. The number of anilines is 1. The standard InChI is InChI=1S/C12H16F3NO2S/c1-11(2,3)9-6-5-8(16-19(4,17)18)7-10(9)12(13,14)15/h5-7,16H,1-4H3. The molecule has 0 fully saturated rings. The van der Waals surface area contributed by atoms with Crippen molar-refractivity contribution in [2.45, 2.75) is 32.4 Å². The number of hydrogen-bond donors (Lipinski definition) is 1. The van der Waals surface area contributed by atoms with Crippen LogP contribution in [0.5, 0.6) is 0 Å². The van der Waals surface area contributed by atoms with Crippen LogP contribution in [0.3, 0.4) is 0 Å². The zero-order valence-corrected chi connectivity index (χ0v) is 11.9. The molecule has 0 aliphatic rings. The molecule has 0 spiro atoms. The van der Waals surface area contributed by atoms with Crippen LogP contribution in [0.25, 0.3) is 0 Å². The molecule has 1 aromatic rings. The van der Waals surface area contributed by atoms with E-state index in [1.807, 2.05) is 4.72 Å². The number of alkyl halides is 3. The van der Waals surface area contributed by atoms with E-state index in [0.717, 1.165) is 12.3 Å². The van der Waals surface area contributed by atoms with E-state index in [1.54, 1.807) is 20.8 Å². The van der Waals surface area contributed by atoms with Crippen LogP contribution < -0.4 is 4.72 Å². The van der Waals surface area contributed by atoms with Gasteiger partial charge in [-0.25, -0.2) is 8.42 Å². The molecular formula is C12H16F3NO2S. The molecule has 0 heterocycles. The summed E-state index contributed by atoms with van der Waals surface area (Å²) in [7, 11) is -3.61. The second kappa shape index (κ2) is 4.70. The van der Waals surface area contributed by atoms with Crippen molar-refractivity contribution in [3.05, 3.63) is 29.3 Å². The van der Waals surface area contributed by atoms with E-state index in [0.29, 0.717) is 0 Å². The Bertz CT molecular complexity index is 572. The fourth-order valence-electron chi connectivity index (χ4n) is 1.71. The van der Waals surface area contributed by atoms with Crippen LogP contribution in [0, 0.1) is 0 Å². The summed E-state index contributed by atoms with van der Waals surface area (Å²) in [5.41, 5.74) is -1.48. The highest BCUT2D eigenvalue weighted by Gasteiger charge is 2.36. The summed E-state index contributed by atoms with van der Waals surface area (Å²) in [5, 5.41) is 0. The van der Waals surface area contributed by atoms with E-state index in [4.69, 9.17) is 0 Å². The average Bonchev–Trinajstić information content (AvgIpc) is 2.11. The molecule has 0 aliphatic heterocycles. The minimum atomic E-state index is -4.53. The van der Waals surface area contributed by atoms with Crippen LogP contribution in [0.4, 0.5) is 18.9 Å². The average molecular weight is 295 g/mol. The Kier molecular flexibility index (Phi) is 3.91. The first-order valence-electron chi connectivity index (χ1n) is 5.50. The van der Waals surface area contributed by atoms with Crippen LogP contribution in [0.15, 0.2) is 18.2 Å². The Balaban J connectivity index is 3.40. The molecule has 1 rings (SSSR count). The number of nitrogens with one attached hydrogen (secondary N) is 1. The van der Waals surface area contributed by atoms with Gasteiger partial charge in [0, 0.05) is 5.69 Å². The fraction of sp³-hybridized carbons (Fsp3) is 0.500. The second-order valence-electron chi connectivity index (χ2n) is 5.38. The molecule has 0 bridgehead atoms. The SMILES string of the molecule is CC(C)(C)c1ccc(NS(C)(=O)=O)cc1C(F)(F)F. The van der Waals surface area contributed by atoms with Gasteiger partial charge in [-0.05, 0) is 23.1 Å². The van der Waals surface area contributed by atoms with Crippen molar-refractivity contribution in [3.8, 4) is 0 Å². The maximum Gasteiger partial charge on any atom is 0.416 e. The van der Waals surface area contributed by atoms with E-state index in [1.165, 1.54) is 12.1 Å². The number of rotatable bonds is 2. The molecule has 7 heteroatoms. The van der Waals surface area contributed by atoms with Gasteiger partial charge in [0.15, 0.2) is 0 Å². The highest BCUT2D eigenvalue weighted by Crippen LogP contribution is 2.38. The van der Waals surface area contributed by atoms with Gasteiger partial charge in [-0.2, -0.15) is 13.2 Å². The minimum absolute atomic E-state index is 0.0946. The van der Waals surface area contributed by atoms with Crippen LogP contribution >= 0.6 is 0 Å². The van der Waals surface area contributed by atoms with Crippen LogP contribution in [0.2, 0.25) is 0 Å². The van der Waals surface area contributed by atoms with Gasteiger partial charge in [0.1, 0.15) is 0 Å². The van der Waals surface area contributed by atoms with E-state index in [2.05, 4.69) is 0 Å². The van der Waals surface area contributed by atoms with Gasteiger partial charge < -0.3 is 0 Å². The highest BCUT2D eigenvalue weighted by molar-refractivity contribution is 7.92. The van der Waals surface area contributed by atoms with Crippen molar-refractivity contribution in [1.82, 2.24) is 0 Å². The fourth-order valence-corrected chi connectivity index (χ4v) is 2.27. The Labute approximate surface area is 110 Å². The quantitative estimate of drug-likeness (QED) is 0.909. The second-order valence-corrected chi connectivity index (χ2v) is 7.13. The maximum atomic E-state index is 13.0. The Morgan fingerprint density at radius 1 is 1.05 bits per heavy atom. The lowest BCUT2D eigenvalue weighted by Gasteiger charge is -2.24. The van der Waals surface area contributed by atoms with Crippen LogP contribution in [-0.4, -0.2) is 14.7 Å². The molecule has 108 valence electrons. The summed E-state index contributed by atoms with van der Waals surface area (Å²) < 4.78 is 63.2. The maximum absolute atomic E-state index is 13.0. The van der Waals surface area contributed by atoms with Gasteiger partial charge in [-0.1, -0.05) is 26.8 Å². The van der Waals surface area contributed by atoms with E-state index >= 15 is 0 Å². The third-order valence-corrected chi connectivity index (χ3v) is 3.04. The number of hydrogen-bond acceptors (Lipinski definition) is 2. The normalized spacial score (nSPS) is 13.4. The van der Waals surface area contributed by atoms with Crippen LogP contribution in [0.1, 0.15) is 31.9 Å². The van der Waals surface area contributed by atoms with Crippen LogP contribution in [-0.2, 0) is 21.6 Å². The molecule has 0 radical (unpaired) electrons. The smallest absolute Gasteiger partial charge is 0.284 e. The van der Waals surface area contributed by atoms with E-state index in [9.17, 15) is 21.6 Å². The zero-order chi connectivity index (χ0) is 15.1. The first kappa shape index (κ1) is 15.8. The Morgan fingerprint density at radius 2 is 1.58 bits per heavy atom. The summed E-state index contributed by atoms with van der Waals surface area (Å²) in [4.78, 5) is 0. The Hall–Kier alpha value is -1.24. The molecule has 19 heavy (non-hydrogen) atoms. The largest absolute Gasteiger partial charge is 0.416 e. The summed E-state index contributed by atoms with van der Waals surface area (Å²) in [6, 6.07) is 3.45. The Morgan fingerprint density at radius 3 is 1.95 bits per heavy atom. The molecule has 0 aliphatic carbocycles. The highest BCUT2D eigenvalue weighted by atomic mass is 32.2. The molecule has 0 aromatic heterocycles. The monoisotopic (exact) mass is 295 g/mol. The van der Waals surface area contributed by atoms with Gasteiger partial charge in [-0.15, -0.1) is 0 Å². The molecule has 0 saturated carbocycles. The molecule has 1 N–H and O–H groups in total. The van der Waals surface area contributed by atoms with Crippen molar-refractivity contribution in [2.24, 2.45) is 0 Å². The third kappa shape index (κ3) is 4.41. The van der Waals surface area contributed by atoms with Gasteiger partial charge >= 0.3 is 6.18 Å². The van der Waals surface area contributed by atoms with Gasteiger partial charge in [0.25, 0.3) is 0 Å². The predicted molar refractivity (Wildman–Crippen MR) is 68.6 cm³/mol. The zero-order valence-electron chi connectivity index (χ0n) is 11.1. The topological polar surface area (TPSA) is 46.2 Å². The van der Waals surface area contributed by atoms with Crippen molar-refractivity contribution < 1.29 is 21.6 Å². The lowest BCUT2D eigenvalue weighted by Crippen LogP contribution is -2.20. The van der Waals surface area contributed by atoms with E-state index < -0.39 is 27.2 Å². The van der Waals surface area contributed by atoms with E-state index in [-0.39, 0.29) is 11.3 Å². The van der Waals surface area contributed by atoms with Gasteiger partial charge in [0.2, 0.25) is 10.0 Å². The first-order valence-corrected chi connectivity index (χ1v) is 7.39. The lowest BCUT2D eigenvalue weighted by atomic mass is 9.83.